The van der Waals surface area contributed by atoms with E-state index in [0.29, 0.717) is 17.8 Å². The first-order valence-electron chi connectivity index (χ1n) is 6.75. The summed E-state index contributed by atoms with van der Waals surface area (Å²) in [6, 6.07) is 12.0. The van der Waals surface area contributed by atoms with Crippen LogP contribution in [0.1, 0.15) is 21.5 Å². The van der Waals surface area contributed by atoms with E-state index in [4.69, 9.17) is 0 Å². The van der Waals surface area contributed by atoms with Crippen LogP contribution in [0.25, 0.3) is 11.3 Å². The van der Waals surface area contributed by atoms with Crippen LogP contribution in [0, 0.1) is 6.92 Å². The fraction of sp³-hybridized carbons (Fsp3) is 0.118. The summed E-state index contributed by atoms with van der Waals surface area (Å²) < 4.78 is 1.80. The maximum Gasteiger partial charge on any atom is 0.153 e. The van der Waals surface area contributed by atoms with Crippen molar-refractivity contribution in [2.45, 2.75) is 13.5 Å². The number of aryl methyl sites for hydroxylation is 1. The van der Waals surface area contributed by atoms with Gasteiger partial charge in [0.25, 0.3) is 0 Å². The smallest absolute Gasteiger partial charge is 0.153 e. The number of hydrogen-bond acceptors (Lipinski definition) is 3. The fourth-order valence-electron chi connectivity index (χ4n) is 2.34. The Morgan fingerprint density at radius 2 is 2.00 bits per heavy atom. The van der Waals surface area contributed by atoms with Gasteiger partial charge in [-0.1, -0.05) is 29.8 Å². The van der Waals surface area contributed by atoms with Gasteiger partial charge in [-0.05, 0) is 24.6 Å². The molecule has 0 unspecified atom stereocenters. The Balaban J connectivity index is 1.95. The Morgan fingerprint density at radius 1 is 1.19 bits per heavy atom. The lowest BCUT2D eigenvalue weighted by Crippen LogP contribution is -2.00. The minimum atomic E-state index is 0.592. The summed E-state index contributed by atoms with van der Waals surface area (Å²) in [4.78, 5) is 15.2. The van der Waals surface area contributed by atoms with Crippen LogP contribution in [-0.2, 0) is 6.54 Å². The van der Waals surface area contributed by atoms with Gasteiger partial charge in [-0.2, -0.15) is 5.10 Å². The zero-order chi connectivity index (χ0) is 14.7. The predicted molar refractivity (Wildman–Crippen MR) is 81.1 cm³/mol. The molecule has 1 aromatic carbocycles. The van der Waals surface area contributed by atoms with Crippen LogP contribution in [0.3, 0.4) is 0 Å². The van der Waals surface area contributed by atoms with E-state index < -0.39 is 0 Å². The lowest BCUT2D eigenvalue weighted by molar-refractivity contribution is 0.112. The molecule has 0 N–H and O–H groups in total. The van der Waals surface area contributed by atoms with Crippen LogP contribution in [0.4, 0.5) is 0 Å². The van der Waals surface area contributed by atoms with Crippen molar-refractivity contribution >= 4 is 6.29 Å². The molecule has 4 nitrogen and oxygen atoms in total. The van der Waals surface area contributed by atoms with Crippen molar-refractivity contribution in [2.75, 3.05) is 0 Å². The Hall–Kier alpha value is -2.75. The summed E-state index contributed by atoms with van der Waals surface area (Å²) >= 11 is 0. The number of benzene rings is 1. The van der Waals surface area contributed by atoms with E-state index >= 15 is 0 Å². The molecule has 0 amide bonds. The standard InChI is InChI=1S/C17H15N3O/c1-13-3-2-4-14(9-13)10-20-11-16(12-21)17(19-20)15-5-7-18-8-6-15/h2-9,11-12H,10H2,1H3. The van der Waals surface area contributed by atoms with Gasteiger partial charge in [0.15, 0.2) is 6.29 Å². The molecule has 21 heavy (non-hydrogen) atoms. The van der Waals surface area contributed by atoms with Crippen LogP contribution in [0.5, 0.6) is 0 Å². The van der Waals surface area contributed by atoms with Gasteiger partial charge in [-0.3, -0.25) is 14.5 Å². The van der Waals surface area contributed by atoms with Gasteiger partial charge >= 0.3 is 0 Å². The number of carbonyl (C=O) groups is 1. The number of nitrogens with zero attached hydrogens (tertiary/aromatic N) is 3. The molecule has 3 aromatic rings. The summed E-state index contributed by atoms with van der Waals surface area (Å²) in [5, 5.41) is 4.53. The average molecular weight is 277 g/mol. The van der Waals surface area contributed by atoms with Crippen LogP contribution in [0.15, 0.2) is 55.0 Å². The lowest BCUT2D eigenvalue weighted by atomic mass is 10.1. The Labute approximate surface area is 123 Å². The monoisotopic (exact) mass is 277 g/mol. The van der Waals surface area contributed by atoms with Gasteiger partial charge in [0, 0.05) is 24.2 Å². The number of hydrogen-bond donors (Lipinski definition) is 0. The average Bonchev–Trinajstić information content (AvgIpc) is 2.91. The maximum atomic E-state index is 11.3. The summed E-state index contributed by atoms with van der Waals surface area (Å²) in [5.41, 5.74) is 4.56. The van der Waals surface area contributed by atoms with Gasteiger partial charge in [0.1, 0.15) is 5.69 Å². The third kappa shape index (κ3) is 2.89. The molecular weight excluding hydrogens is 262 g/mol. The third-order valence-electron chi connectivity index (χ3n) is 3.30. The Kier molecular flexibility index (Phi) is 3.60. The molecule has 104 valence electrons. The summed E-state index contributed by atoms with van der Waals surface area (Å²) in [6.45, 7) is 2.71. The Morgan fingerprint density at radius 3 is 2.71 bits per heavy atom. The molecule has 0 saturated heterocycles. The van der Waals surface area contributed by atoms with Gasteiger partial charge in [-0.25, -0.2) is 0 Å². The first-order chi connectivity index (χ1) is 10.3. The fourth-order valence-corrected chi connectivity index (χ4v) is 2.34. The highest BCUT2D eigenvalue weighted by molar-refractivity contribution is 5.85. The molecule has 0 spiro atoms. The number of aldehydes is 1. The molecular formula is C17H15N3O. The van der Waals surface area contributed by atoms with E-state index in [9.17, 15) is 4.79 Å². The van der Waals surface area contributed by atoms with Crippen molar-refractivity contribution in [3.8, 4) is 11.3 Å². The second kappa shape index (κ2) is 5.71. The van der Waals surface area contributed by atoms with Crippen LogP contribution in [0.2, 0.25) is 0 Å². The van der Waals surface area contributed by atoms with E-state index in [-0.39, 0.29) is 0 Å². The zero-order valence-electron chi connectivity index (χ0n) is 11.7. The highest BCUT2D eigenvalue weighted by Gasteiger charge is 2.10. The van der Waals surface area contributed by atoms with Crippen LogP contribution in [-0.4, -0.2) is 21.1 Å². The molecule has 0 radical (unpaired) electrons. The van der Waals surface area contributed by atoms with E-state index in [1.807, 2.05) is 18.2 Å². The molecule has 0 bridgehead atoms. The number of carbonyl (C=O) groups excluding carboxylic acids is 1. The molecule has 3 rings (SSSR count). The Bertz CT molecular complexity index is 763. The molecule has 0 aliphatic rings. The van der Waals surface area contributed by atoms with E-state index in [2.05, 4.69) is 35.2 Å². The highest BCUT2D eigenvalue weighted by Crippen LogP contribution is 2.20. The number of rotatable bonds is 4. The molecule has 0 saturated carbocycles. The molecule has 4 heteroatoms. The molecule has 0 fully saturated rings. The lowest BCUT2D eigenvalue weighted by Gasteiger charge is -2.03. The second-order valence-electron chi connectivity index (χ2n) is 4.97. The van der Waals surface area contributed by atoms with Crippen molar-refractivity contribution in [2.24, 2.45) is 0 Å². The minimum Gasteiger partial charge on any atom is -0.298 e. The van der Waals surface area contributed by atoms with E-state index in [1.165, 1.54) is 5.56 Å². The summed E-state index contributed by atoms with van der Waals surface area (Å²) in [5.74, 6) is 0. The first kappa shape index (κ1) is 13.2. The summed E-state index contributed by atoms with van der Waals surface area (Å²) in [7, 11) is 0. The van der Waals surface area contributed by atoms with E-state index in [0.717, 1.165) is 17.4 Å². The minimum absolute atomic E-state index is 0.592. The van der Waals surface area contributed by atoms with Crippen molar-refractivity contribution in [1.29, 1.82) is 0 Å². The first-order valence-corrected chi connectivity index (χ1v) is 6.75. The highest BCUT2D eigenvalue weighted by atomic mass is 16.1. The topological polar surface area (TPSA) is 47.8 Å². The number of pyridine rings is 1. The second-order valence-corrected chi connectivity index (χ2v) is 4.97. The van der Waals surface area contributed by atoms with Gasteiger partial charge in [-0.15, -0.1) is 0 Å². The van der Waals surface area contributed by atoms with Crippen molar-refractivity contribution < 1.29 is 4.79 Å². The van der Waals surface area contributed by atoms with Crippen molar-refractivity contribution in [3.05, 3.63) is 71.7 Å². The van der Waals surface area contributed by atoms with E-state index in [1.54, 1.807) is 23.3 Å². The van der Waals surface area contributed by atoms with Gasteiger partial charge in [0.05, 0.1) is 12.1 Å². The molecule has 2 aromatic heterocycles. The SMILES string of the molecule is Cc1cccc(Cn2cc(C=O)c(-c3ccncc3)n2)c1. The zero-order valence-corrected chi connectivity index (χ0v) is 11.7. The molecule has 0 atom stereocenters. The third-order valence-corrected chi connectivity index (χ3v) is 3.30. The molecule has 0 aliphatic heterocycles. The normalized spacial score (nSPS) is 10.5. The van der Waals surface area contributed by atoms with Gasteiger partial charge < -0.3 is 0 Å². The predicted octanol–water partition coefficient (Wildman–Crippen LogP) is 3.11. The molecule has 2 heterocycles. The quantitative estimate of drug-likeness (QED) is 0.688. The van der Waals surface area contributed by atoms with Crippen molar-refractivity contribution in [1.82, 2.24) is 14.8 Å². The largest absolute Gasteiger partial charge is 0.298 e. The van der Waals surface area contributed by atoms with Gasteiger partial charge in [0.2, 0.25) is 0 Å². The van der Waals surface area contributed by atoms with Crippen LogP contribution < -0.4 is 0 Å². The summed E-state index contributed by atoms with van der Waals surface area (Å²) in [6.07, 6.45) is 6.02. The molecule has 0 aliphatic carbocycles. The number of aromatic nitrogens is 3. The maximum absolute atomic E-state index is 11.3. The van der Waals surface area contributed by atoms with Crippen LogP contribution >= 0.6 is 0 Å². The van der Waals surface area contributed by atoms with Crippen molar-refractivity contribution in [3.63, 3.8) is 0 Å².